The number of benzene rings is 16. The maximum atomic E-state index is 17.6. The third-order valence-electron chi connectivity index (χ3n) is 24.4. The lowest BCUT2D eigenvalue weighted by atomic mass is 9.67. The SMILES string of the molecule is C=Cc1ccc(Oc2ccc(C3(c4c(F)c(F)c(F)c(F)c4F)c4ccccc4-c4ccc(N(c5ccc(C)c(F)c5)c5ccc6c(c5)C5(c7ccccc7-6)c6ccccc6-c6ccc(N(c7ccc(C)c(F)c7)c7ccc8c(c7)C(c7ccc(Oc9ccc(C=C)cc9)cc7)(c7c(F)c(F)c(F)c(F)c7F)c7ccccc7-8)cc65)cc43)cc2)cc1. The highest BCUT2D eigenvalue weighted by Gasteiger charge is 2.56. The Bertz CT molecular complexity index is 6610. The molecule has 0 aliphatic heterocycles. The summed E-state index contributed by atoms with van der Waals surface area (Å²) >= 11 is 0. The molecule has 1 spiro atoms. The van der Waals surface area contributed by atoms with Gasteiger partial charge in [0.2, 0.25) is 11.6 Å². The molecule has 4 nitrogen and oxygen atoms in total. The molecular formula is C105H62F12N2O2. The van der Waals surface area contributed by atoms with E-state index >= 15 is 52.7 Å². The van der Waals surface area contributed by atoms with E-state index < -0.39 is 97.2 Å². The second-order valence-corrected chi connectivity index (χ2v) is 30.6. The fourth-order valence-corrected chi connectivity index (χ4v) is 19.0. The van der Waals surface area contributed by atoms with Crippen LogP contribution in [-0.2, 0) is 16.2 Å². The van der Waals surface area contributed by atoms with Crippen molar-refractivity contribution in [2.24, 2.45) is 0 Å². The van der Waals surface area contributed by atoms with Gasteiger partial charge in [0.1, 0.15) is 34.6 Å². The number of halogens is 12. The maximum Gasteiger partial charge on any atom is 0.200 e. The Balaban J connectivity index is 0.794. The minimum absolute atomic E-state index is 0.0985. The molecular weight excluding hydrogens is 1550 g/mol. The first-order valence-corrected chi connectivity index (χ1v) is 38.8. The van der Waals surface area contributed by atoms with Crippen LogP contribution in [0.1, 0.15) is 89.0 Å². The van der Waals surface area contributed by atoms with Gasteiger partial charge in [-0.1, -0.05) is 207 Å². The summed E-state index contributed by atoms with van der Waals surface area (Å²) in [5, 5.41) is 0. The molecule has 2 unspecified atom stereocenters. The number of hydrogen-bond donors (Lipinski definition) is 0. The fraction of sp³-hybridized carbons (Fsp3) is 0.0476. The molecule has 0 amide bonds. The van der Waals surface area contributed by atoms with Gasteiger partial charge in [0.05, 0.1) is 16.2 Å². The Morgan fingerprint density at radius 2 is 0.471 bits per heavy atom. The van der Waals surface area contributed by atoms with Crippen LogP contribution in [0, 0.1) is 83.7 Å². The van der Waals surface area contributed by atoms with Crippen molar-refractivity contribution in [1.29, 1.82) is 0 Å². The Kier molecular flexibility index (Phi) is 17.6. The zero-order valence-electron chi connectivity index (χ0n) is 64.2. The van der Waals surface area contributed by atoms with Crippen molar-refractivity contribution in [3.05, 3.63) is 475 Å². The third kappa shape index (κ3) is 11.0. The molecule has 0 saturated heterocycles. The molecule has 16 aromatic carbocycles. The van der Waals surface area contributed by atoms with Crippen LogP contribution in [0.3, 0.4) is 0 Å². The topological polar surface area (TPSA) is 24.9 Å². The van der Waals surface area contributed by atoms with Gasteiger partial charge in [-0.3, -0.25) is 0 Å². The van der Waals surface area contributed by atoms with Crippen molar-refractivity contribution in [3.8, 4) is 67.5 Å². The Hall–Kier alpha value is -14.6. The van der Waals surface area contributed by atoms with E-state index in [4.69, 9.17) is 9.47 Å². The van der Waals surface area contributed by atoms with Crippen molar-refractivity contribution < 1.29 is 62.2 Å². The second kappa shape index (κ2) is 28.3. The zero-order chi connectivity index (χ0) is 83.4. The van der Waals surface area contributed by atoms with Crippen LogP contribution in [-0.4, -0.2) is 0 Å². The first-order chi connectivity index (χ1) is 58.7. The van der Waals surface area contributed by atoms with E-state index in [0.29, 0.717) is 67.4 Å². The lowest BCUT2D eigenvalue weighted by Gasteiger charge is -2.36. The lowest BCUT2D eigenvalue weighted by molar-refractivity contribution is 0.363. The largest absolute Gasteiger partial charge is 0.457 e. The number of nitrogens with zero attached hydrogens (tertiary/aromatic N) is 2. The molecule has 0 aromatic heterocycles. The number of aryl methyl sites for hydroxylation is 2. The van der Waals surface area contributed by atoms with Crippen molar-refractivity contribution in [3.63, 3.8) is 0 Å². The Morgan fingerprint density at radius 1 is 0.240 bits per heavy atom. The van der Waals surface area contributed by atoms with Crippen LogP contribution >= 0.6 is 0 Å². The number of rotatable bonds is 16. The van der Waals surface area contributed by atoms with Crippen molar-refractivity contribution in [2.75, 3.05) is 9.80 Å². The van der Waals surface area contributed by atoms with E-state index in [1.54, 1.807) is 218 Å². The molecule has 0 bridgehead atoms. The average Bonchev–Trinajstić information content (AvgIpc) is 1.50. The monoisotopic (exact) mass is 1610 g/mol. The summed E-state index contributed by atoms with van der Waals surface area (Å²) < 4.78 is 214. The number of anilines is 6. The van der Waals surface area contributed by atoms with Gasteiger partial charge in [0.15, 0.2) is 46.5 Å². The highest BCUT2D eigenvalue weighted by atomic mass is 19.2. The van der Waals surface area contributed by atoms with E-state index in [2.05, 4.69) is 13.2 Å². The van der Waals surface area contributed by atoms with Crippen molar-refractivity contribution in [1.82, 2.24) is 0 Å². The number of hydrogen-bond acceptors (Lipinski definition) is 4. The molecule has 588 valence electrons. The van der Waals surface area contributed by atoms with Crippen molar-refractivity contribution in [2.45, 2.75) is 30.1 Å². The molecule has 0 heterocycles. The zero-order valence-corrected chi connectivity index (χ0v) is 64.2. The summed E-state index contributed by atoms with van der Waals surface area (Å²) in [6.45, 7) is 10.9. The maximum absolute atomic E-state index is 17.6. The Labute approximate surface area is 687 Å². The van der Waals surface area contributed by atoms with Gasteiger partial charge >= 0.3 is 0 Å². The van der Waals surface area contributed by atoms with E-state index in [1.165, 1.54) is 36.4 Å². The fourth-order valence-electron chi connectivity index (χ4n) is 19.0. The van der Waals surface area contributed by atoms with E-state index in [-0.39, 0.29) is 67.6 Å². The first kappa shape index (κ1) is 75.1. The van der Waals surface area contributed by atoms with Gasteiger partial charge < -0.3 is 19.3 Å². The van der Waals surface area contributed by atoms with Crippen LogP contribution in [0.4, 0.5) is 86.8 Å². The Morgan fingerprint density at radius 3 is 0.752 bits per heavy atom. The molecule has 16 aromatic rings. The predicted octanol–water partition coefficient (Wildman–Crippen LogP) is 28.9. The molecule has 121 heavy (non-hydrogen) atoms. The standard InChI is InChI=1S/C105H62F12N2O2/c1-5-59-25-39-69(40-26-59)120-71-43-29-61(30-44-71)103(91-93(108)97(112)101(116)98(113)94(91)109)81-19-11-7-15-73(81)77-47-35-63(51-85(77)103)118(67-33-23-57(3)89(106)55-67)65-37-49-79-75-17-9-13-21-83(75)105(87(79)53-65)84-22-14-10-18-76(84)80-50-38-66(54-88(80)105)119(68-34-24-58(4)90(107)56-68)64-36-48-78-74-16-8-12-20-82(74)104(86(78)52-64,92-95(110)99(114)102(117)100(115)96(92)111)62-31-45-72(46-32-62)121-70-41-27-60(6-2)28-42-70/h5-56H,1-2H2,3-4H3. The molecule has 4 aliphatic carbocycles. The van der Waals surface area contributed by atoms with Crippen LogP contribution in [0.5, 0.6) is 23.0 Å². The van der Waals surface area contributed by atoms with Crippen LogP contribution in [0.25, 0.3) is 56.7 Å². The van der Waals surface area contributed by atoms with Gasteiger partial charge in [-0.15, -0.1) is 0 Å². The highest BCUT2D eigenvalue weighted by molar-refractivity contribution is 5.99. The summed E-state index contributed by atoms with van der Waals surface area (Å²) in [6, 6.07) is 86.8. The van der Waals surface area contributed by atoms with E-state index in [9.17, 15) is 0 Å². The van der Waals surface area contributed by atoms with Gasteiger partial charge in [0.25, 0.3) is 0 Å². The summed E-state index contributed by atoms with van der Waals surface area (Å²) in [6.07, 6.45) is 3.34. The minimum atomic E-state index is -2.35. The molecule has 16 heteroatoms. The normalized spacial score (nSPS) is 15.9. The summed E-state index contributed by atoms with van der Waals surface area (Å²) in [7, 11) is 0. The molecule has 20 rings (SSSR count). The molecule has 0 N–H and O–H groups in total. The van der Waals surface area contributed by atoms with Crippen LogP contribution in [0.15, 0.2) is 316 Å². The third-order valence-corrected chi connectivity index (χ3v) is 24.4. The average molecular weight is 1610 g/mol. The molecule has 4 aliphatic rings. The van der Waals surface area contributed by atoms with Gasteiger partial charge in [-0.05, 0) is 258 Å². The number of ether oxygens (including phenoxy) is 2. The summed E-state index contributed by atoms with van der Waals surface area (Å²) in [5.74, 6) is -21.4. The van der Waals surface area contributed by atoms with Gasteiger partial charge in [0, 0.05) is 45.3 Å². The molecule has 0 fully saturated rings. The smallest absolute Gasteiger partial charge is 0.200 e. The quantitative estimate of drug-likeness (QED) is 0.0547. The first-order valence-electron chi connectivity index (χ1n) is 38.8. The molecule has 0 radical (unpaired) electrons. The highest BCUT2D eigenvalue weighted by Crippen LogP contribution is 2.66. The summed E-state index contributed by atoms with van der Waals surface area (Å²) in [4.78, 5) is 3.55. The van der Waals surface area contributed by atoms with Crippen LogP contribution < -0.4 is 19.3 Å². The lowest BCUT2D eigenvalue weighted by Crippen LogP contribution is -2.33. The number of fused-ring (bicyclic) bond motifs is 16. The van der Waals surface area contributed by atoms with E-state index in [0.717, 1.165) is 44.5 Å². The second-order valence-electron chi connectivity index (χ2n) is 30.6. The van der Waals surface area contributed by atoms with E-state index in [1.807, 2.05) is 84.9 Å². The molecule has 0 saturated carbocycles. The van der Waals surface area contributed by atoms with Gasteiger partial charge in [-0.25, -0.2) is 52.7 Å². The van der Waals surface area contributed by atoms with Crippen LogP contribution in [0.2, 0.25) is 0 Å². The van der Waals surface area contributed by atoms with Crippen molar-refractivity contribution >= 4 is 46.3 Å². The van der Waals surface area contributed by atoms with Gasteiger partial charge in [-0.2, -0.15) is 0 Å². The predicted molar refractivity (Wildman–Crippen MR) is 449 cm³/mol. The molecule has 2 atom stereocenters. The minimum Gasteiger partial charge on any atom is -0.457 e. The summed E-state index contributed by atoms with van der Waals surface area (Å²) in [5.41, 5.74) is 4.68.